The van der Waals surface area contributed by atoms with Crippen molar-refractivity contribution >= 4 is 6.02 Å². The molecule has 1 unspecified atom stereocenters. The molecule has 2 aliphatic rings. The highest BCUT2D eigenvalue weighted by Crippen LogP contribution is 2.56. The zero-order chi connectivity index (χ0) is 25.9. The van der Waals surface area contributed by atoms with Crippen LogP contribution in [0.1, 0.15) is 16.7 Å². The van der Waals surface area contributed by atoms with Crippen LogP contribution in [0.15, 0.2) is 96.4 Å². The minimum Gasteiger partial charge on any atom is -0.455 e. The Bertz CT molecular complexity index is 1790. The van der Waals surface area contributed by atoms with E-state index in [0.29, 0.717) is 56.3 Å². The predicted molar refractivity (Wildman–Crippen MR) is 136 cm³/mol. The van der Waals surface area contributed by atoms with E-state index in [4.69, 9.17) is 20.2 Å². The van der Waals surface area contributed by atoms with Gasteiger partial charge in [0.2, 0.25) is 11.9 Å². The second-order valence-corrected chi connectivity index (χ2v) is 8.85. The molecule has 7 nitrogen and oxygen atoms in total. The molecule has 5 heterocycles. The molecule has 0 radical (unpaired) electrons. The average molecular weight is 505 g/mol. The van der Waals surface area contributed by atoms with Crippen molar-refractivity contribution in [2.75, 3.05) is 0 Å². The van der Waals surface area contributed by atoms with Crippen molar-refractivity contribution in [2.45, 2.75) is 5.54 Å². The molecule has 38 heavy (non-hydrogen) atoms. The van der Waals surface area contributed by atoms with Crippen LogP contribution < -0.4 is 15.2 Å². The highest BCUT2D eigenvalue weighted by Gasteiger charge is 2.48. The molecular formula is C29H17F2N5O2. The Hall–Kier alpha value is -5.18. The van der Waals surface area contributed by atoms with Crippen LogP contribution >= 0.6 is 0 Å². The molecule has 0 saturated heterocycles. The van der Waals surface area contributed by atoms with Gasteiger partial charge in [-0.3, -0.25) is 4.98 Å². The van der Waals surface area contributed by atoms with E-state index in [2.05, 4.69) is 15.0 Å². The SMILES string of the molecule is NC1=NC2(c3ccccc3O1)c1cc(-c3cccnc3F)ccc1Oc1cnc(-c3ccnc(F)c3)cc12. The van der Waals surface area contributed by atoms with Gasteiger partial charge in [-0.25, -0.2) is 15.0 Å². The van der Waals surface area contributed by atoms with Crippen molar-refractivity contribution in [3.05, 3.63) is 120 Å². The van der Waals surface area contributed by atoms with E-state index >= 15 is 0 Å². The topological polar surface area (TPSA) is 95.5 Å². The molecule has 5 aromatic rings. The summed E-state index contributed by atoms with van der Waals surface area (Å²) < 4.78 is 40.7. The van der Waals surface area contributed by atoms with Crippen LogP contribution in [0.25, 0.3) is 22.4 Å². The third-order valence-electron chi connectivity index (χ3n) is 6.71. The van der Waals surface area contributed by atoms with E-state index in [1.165, 1.54) is 18.5 Å². The summed E-state index contributed by atoms with van der Waals surface area (Å²) in [6, 6.07) is 20.8. The summed E-state index contributed by atoms with van der Waals surface area (Å²) in [5.41, 5.74) is 8.93. The molecule has 184 valence electrons. The summed E-state index contributed by atoms with van der Waals surface area (Å²) in [5, 5.41) is 0. The minimum atomic E-state index is -1.22. The number of pyridine rings is 3. The molecule has 0 fully saturated rings. The minimum absolute atomic E-state index is 0.0474. The lowest BCUT2D eigenvalue weighted by atomic mass is 9.74. The van der Waals surface area contributed by atoms with Crippen LogP contribution in [0.5, 0.6) is 17.2 Å². The lowest BCUT2D eigenvalue weighted by Crippen LogP contribution is -2.39. The number of hydrogen-bond acceptors (Lipinski definition) is 7. The fraction of sp³-hybridized carbons (Fsp3) is 0.0345. The van der Waals surface area contributed by atoms with Gasteiger partial charge in [0.15, 0.2) is 11.3 Å². The lowest BCUT2D eigenvalue weighted by Gasteiger charge is -2.40. The summed E-state index contributed by atoms with van der Waals surface area (Å²) >= 11 is 0. The van der Waals surface area contributed by atoms with E-state index in [0.717, 1.165) is 0 Å². The normalized spacial score (nSPS) is 16.9. The molecule has 0 aliphatic carbocycles. The predicted octanol–water partition coefficient (Wildman–Crippen LogP) is 5.59. The number of nitrogens with two attached hydrogens (primary N) is 1. The molecule has 2 aromatic carbocycles. The van der Waals surface area contributed by atoms with Gasteiger partial charge in [0, 0.05) is 46.3 Å². The maximum absolute atomic E-state index is 14.7. The Balaban J connectivity index is 1.55. The highest BCUT2D eigenvalue weighted by atomic mass is 19.1. The Morgan fingerprint density at radius 3 is 2.39 bits per heavy atom. The van der Waals surface area contributed by atoms with Crippen molar-refractivity contribution in [2.24, 2.45) is 10.7 Å². The molecule has 7 rings (SSSR count). The van der Waals surface area contributed by atoms with Crippen molar-refractivity contribution in [3.8, 4) is 39.6 Å². The average Bonchev–Trinajstić information content (AvgIpc) is 2.93. The molecule has 2 N–H and O–H groups in total. The molecule has 3 aromatic heterocycles. The number of amidine groups is 1. The summed E-state index contributed by atoms with van der Waals surface area (Å²) in [6.07, 6.45) is 4.35. The lowest BCUT2D eigenvalue weighted by molar-refractivity contribution is 0.398. The molecule has 0 bridgehead atoms. The molecular weight excluding hydrogens is 488 g/mol. The maximum atomic E-state index is 14.7. The van der Waals surface area contributed by atoms with Crippen LogP contribution in [-0.2, 0) is 5.54 Å². The zero-order valence-corrected chi connectivity index (χ0v) is 19.6. The van der Waals surface area contributed by atoms with E-state index in [9.17, 15) is 8.78 Å². The number of nitrogens with zero attached hydrogens (tertiary/aromatic N) is 4. The Morgan fingerprint density at radius 2 is 1.53 bits per heavy atom. The summed E-state index contributed by atoms with van der Waals surface area (Å²) in [4.78, 5) is 16.8. The van der Waals surface area contributed by atoms with Crippen LogP contribution in [-0.4, -0.2) is 21.0 Å². The van der Waals surface area contributed by atoms with Gasteiger partial charge >= 0.3 is 0 Å². The van der Waals surface area contributed by atoms with E-state index in [1.54, 1.807) is 48.7 Å². The number of hydrogen-bond donors (Lipinski definition) is 1. The monoisotopic (exact) mass is 505 g/mol. The number of halogens is 2. The van der Waals surface area contributed by atoms with E-state index < -0.39 is 17.4 Å². The van der Waals surface area contributed by atoms with Gasteiger partial charge in [0.05, 0.1) is 11.9 Å². The maximum Gasteiger partial charge on any atom is 0.289 e. The van der Waals surface area contributed by atoms with Crippen molar-refractivity contribution in [1.29, 1.82) is 0 Å². The van der Waals surface area contributed by atoms with Crippen LogP contribution in [0.4, 0.5) is 8.78 Å². The first-order chi connectivity index (χ1) is 18.5. The van der Waals surface area contributed by atoms with Crippen LogP contribution in [0, 0.1) is 11.9 Å². The highest BCUT2D eigenvalue weighted by molar-refractivity contribution is 5.83. The molecule has 1 spiro atoms. The van der Waals surface area contributed by atoms with Gasteiger partial charge in [-0.2, -0.15) is 8.78 Å². The molecule has 0 saturated carbocycles. The standard InChI is InChI=1S/C29H17F2N5O2/c30-26-13-17(9-11-33-26)22-14-21-25(15-35-22)37-24-8-7-16(18-4-3-10-34-27(18)31)12-20(24)29(21)19-5-1-2-6-23(19)38-28(32)36-29/h1-15H,(H2,32,36). The second-order valence-electron chi connectivity index (χ2n) is 8.85. The third-order valence-corrected chi connectivity index (χ3v) is 6.71. The number of ether oxygens (including phenoxy) is 2. The van der Waals surface area contributed by atoms with Crippen LogP contribution in [0.2, 0.25) is 0 Å². The Morgan fingerprint density at radius 1 is 0.684 bits per heavy atom. The molecule has 2 aliphatic heterocycles. The number of fused-ring (bicyclic) bond motifs is 6. The Labute approximate surface area is 215 Å². The van der Waals surface area contributed by atoms with Gasteiger partial charge < -0.3 is 15.2 Å². The van der Waals surface area contributed by atoms with Crippen molar-refractivity contribution < 1.29 is 18.3 Å². The van der Waals surface area contributed by atoms with Crippen LogP contribution in [0.3, 0.4) is 0 Å². The molecule has 9 heteroatoms. The van der Waals surface area contributed by atoms with E-state index in [1.807, 2.05) is 24.3 Å². The smallest absolute Gasteiger partial charge is 0.289 e. The van der Waals surface area contributed by atoms with Gasteiger partial charge in [0.25, 0.3) is 6.02 Å². The van der Waals surface area contributed by atoms with Crippen molar-refractivity contribution in [3.63, 3.8) is 0 Å². The first-order valence-electron chi connectivity index (χ1n) is 11.7. The second kappa shape index (κ2) is 8.17. The number of para-hydroxylation sites is 1. The summed E-state index contributed by atoms with van der Waals surface area (Å²) in [6.45, 7) is 0. The first kappa shape index (κ1) is 22.1. The zero-order valence-electron chi connectivity index (χ0n) is 19.6. The van der Waals surface area contributed by atoms with Gasteiger partial charge in [-0.05, 0) is 48.0 Å². The molecule has 1 atom stereocenters. The van der Waals surface area contributed by atoms with Gasteiger partial charge in [-0.15, -0.1) is 0 Å². The molecule has 0 amide bonds. The number of benzene rings is 2. The summed E-state index contributed by atoms with van der Waals surface area (Å²) in [5.74, 6) is 0.248. The third kappa shape index (κ3) is 3.25. The number of aromatic nitrogens is 3. The summed E-state index contributed by atoms with van der Waals surface area (Å²) in [7, 11) is 0. The number of rotatable bonds is 2. The fourth-order valence-corrected chi connectivity index (χ4v) is 5.09. The Kier molecular flexibility index (Phi) is 4.74. The van der Waals surface area contributed by atoms with Crippen molar-refractivity contribution in [1.82, 2.24) is 15.0 Å². The largest absolute Gasteiger partial charge is 0.455 e. The van der Waals surface area contributed by atoms with Gasteiger partial charge in [-0.1, -0.05) is 24.3 Å². The number of aliphatic imine (C=N–C) groups is 1. The van der Waals surface area contributed by atoms with Gasteiger partial charge in [0.1, 0.15) is 11.5 Å². The van der Waals surface area contributed by atoms with E-state index in [-0.39, 0.29) is 6.02 Å². The quantitative estimate of drug-likeness (QED) is 0.314. The first-order valence-corrected chi connectivity index (χ1v) is 11.7. The fourth-order valence-electron chi connectivity index (χ4n) is 5.09.